The van der Waals surface area contributed by atoms with Crippen molar-refractivity contribution in [3.8, 4) is 0 Å². The van der Waals surface area contributed by atoms with Crippen molar-refractivity contribution < 1.29 is 0 Å². The smallest absolute Gasteiger partial charge is 0.191 e. The van der Waals surface area contributed by atoms with Crippen LogP contribution in [0.5, 0.6) is 0 Å². The number of guanidine groups is 1. The SMILES string of the molecule is CC1CCN(C(N)=NCCSC(C)C)CC1. The standard InChI is InChI=1S/C12H25N3S/c1-10(2)16-9-6-14-12(13)15-7-4-11(3)5-8-15/h10-11H,4-9H2,1-3H3,(H2,13,14). The zero-order valence-electron chi connectivity index (χ0n) is 10.8. The molecule has 0 spiro atoms. The van der Waals surface area contributed by atoms with E-state index in [2.05, 4.69) is 30.7 Å². The van der Waals surface area contributed by atoms with Crippen LogP contribution in [0.4, 0.5) is 0 Å². The summed E-state index contributed by atoms with van der Waals surface area (Å²) in [6.45, 7) is 9.74. The van der Waals surface area contributed by atoms with Crippen LogP contribution in [-0.2, 0) is 0 Å². The lowest BCUT2D eigenvalue weighted by Crippen LogP contribution is -2.42. The van der Waals surface area contributed by atoms with Gasteiger partial charge in [-0.2, -0.15) is 11.8 Å². The third kappa shape index (κ3) is 5.10. The van der Waals surface area contributed by atoms with Crippen molar-refractivity contribution in [3.63, 3.8) is 0 Å². The number of rotatable bonds is 4. The minimum Gasteiger partial charge on any atom is -0.370 e. The largest absolute Gasteiger partial charge is 0.370 e. The normalized spacial score (nSPS) is 19.5. The lowest BCUT2D eigenvalue weighted by Gasteiger charge is -2.31. The molecule has 1 fully saturated rings. The molecule has 0 amide bonds. The van der Waals surface area contributed by atoms with Crippen LogP contribution in [-0.4, -0.2) is 41.5 Å². The Morgan fingerprint density at radius 1 is 1.44 bits per heavy atom. The summed E-state index contributed by atoms with van der Waals surface area (Å²) in [5.41, 5.74) is 5.98. The summed E-state index contributed by atoms with van der Waals surface area (Å²) in [7, 11) is 0. The molecule has 0 aromatic carbocycles. The summed E-state index contributed by atoms with van der Waals surface area (Å²) in [5, 5.41) is 0.687. The Labute approximate surface area is 104 Å². The average molecular weight is 243 g/mol. The monoisotopic (exact) mass is 243 g/mol. The first-order chi connectivity index (χ1) is 7.59. The van der Waals surface area contributed by atoms with E-state index in [0.717, 1.165) is 37.3 Å². The zero-order valence-corrected chi connectivity index (χ0v) is 11.6. The van der Waals surface area contributed by atoms with Gasteiger partial charge in [0, 0.05) is 18.8 Å². The van der Waals surface area contributed by atoms with E-state index in [0.29, 0.717) is 5.25 Å². The fourth-order valence-corrected chi connectivity index (χ4v) is 2.45. The molecule has 3 nitrogen and oxygen atoms in total. The molecule has 1 heterocycles. The summed E-state index contributed by atoms with van der Waals surface area (Å²) in [5.74, 6) is 2.67. The molecular formula is C12H25N3S. The molecule has 4 heteroatoms. The lowest BCUT2D eigenvalue weighted by atomic mass is 10.00. The van der Waals surface area contributed by atoms with Crippen LogP contribution in [0, 0.1) is 5.92 Å². The summed E-state index contributed by atoms with van der Waals surface area (Å²) in [4.78, 5) is 6.67. The van der Waals surface area contributed by atoms with E-state index < -0.39 is 0 Å². The Balaban J connectivity index is 2.22. The van der Waals surface area contributed by atoms with Crippen LogP contribution in [0.15, 0.2) is 4.99 Å². The van der Waals surface area contributed by atoms with E-state index in [1.807, 2.05) is 11.8 Å². The maximum atomic E-state index is 5.98. The zero-order chi connectivity index (χ0) is 12.0. The number of hydrogen-bond donors (Lipinski definition) is 1. The number of hydrogen-bond acceptors (Lipinski definition) is 2. The second kappa shape index (κ2) is 7.05. The molecule has 1 aliphatic heterocycles. The third-order valence-electron chi connectivity index (χ3n) is 2.92. The summed E-state index contributed by atoms with van der Waals surface area (Å²) >= 11 is 1.94. The molecule has 1 aliphatic rings. The van der Waals surface area contributed by atoms with Crippen molar-refractivity contribution in [2.75, 3.05) is 25.4 Å². The number of piperidine rings is 1. The van der Waals surface area contributed by atoms with Crippen LogP contribution < -0.4 is 5.73 Å². The van der Waals surface area contributed by atoms with Crippen molar-refractivity contribution in [3.05, 3.63) is 0 Å². The van der Waals surface area contributed by atoms with Gasteiger partial charge in [0.2, 0.25) is 0 Å². The van der Waals surface area contributed by atoms with Gasteiger partial charge in [-0.15, -0.1) is 0 Å². The fraction of sp³-hybridized carbons (Fsp3) is 0.917. The number of likely N-dealkylation sites (tertiary alicyclic amines) is 1. The Hall–Kier alpha value is -0.380. The fourth-order valence-electron chi connectivity index (χ4n) is 1.79. The van der Waals surface area contributed by atoms with Gasteiger partial charge in [0.05, 0.1) is 6.54 Å². The van der Waals surface area contributed by atoms with Crippen LogP contribution in [0.25, 0.3) is 0 Å². The highest BCUT2D eigenvalue weighted by atomic mass is 32.2. The van der Waals surface area contributed by atoms with E-state index >= 15 is 0 Å². The molecule has 16 heavy (non-hydrogen) atoms. The first-order valence-electron chi connectivity index (χ1n) is 6.26. The summed E-state index contributed by atoms with van der Waals surface area (Å²) in [6, 6.07) is 0. The van der Waals surface area contributed by atoms with Crippen molar-refractivity contribution in [2.24, 2.45) is 16.6 Å². The van der Waals surface area contributed by atoms with Gasteiger partial charge < -0.3 is 10.6 Å². The molecule has 1 saturated heterocycles. The van der Waals surface area contributed by atoms with Gasteiger partial charge in [-0.1, -0.05) is 20.8 Å². The van der Waals surface area contributed by atoms with Crippen molar-refractivity contribution >= 4 is 17.7 Å². The molecule has 0 aromatic heterocycles. The summed E-state index contributed by atoms with van der Waals surface area (Å²) in [6.07, 6.45) is 2.49. The van der Waals surface area contributed by atoms with E-state index in [9.17, 15) is 0 Å². The van der Waals surface area contributed by atoms with Crippen LogP contribution >= 0.6 is 11.8 Å². The molecule has 0 bridgehead atoms. The first kappa shape index (κ1) is 13.7. The van der Waals surface area contributed by atoms with Gasteiger partial charge in [0.25, 0.3) is 0 Å². The van der Waals surface area contributed by atoms with E-state index in [1.54, 1.807) is 0 Å². The molecule has 0 saturated carbocycles. The van der Waals surface area contributed by atoms with E-state index in [4.69, 9.17) is 5.73 Å². The average Bonchev–Trinajstić information content (AvgIpc) is 2.25. The molecule has 2 N–H and O–H groups in total. The molecule has 0 aliphatic carbocycles. The molecule has 94 valence electrons. The van der Waals surface area contributed by atoms with E-state index in [1.165, 1.54) is 12.8 Å². The molecule has 0 aromatic rings. The maximum absolute atomic E-state index is 5.98. The molecule has 0 radical (unpaired) electrons. The predicted octanol–water partition coefficient (Wildman–Crippen LogP) is 2.17. The van der Waals surface area contributed by atoms with Crippen molar-refractivity contribution in [2.45, 2.75) is 38.9 Å². The van der Waals surface area contributed by atoms with Crippen LogP contribution in [0.1, 0.15) is 33.6 Å². The predicted molar refractivity (Wildman–Crippen MR) is 74.1 cm³/mol. The second-order valence-corrected chi connectivity index (χ2v) is 6.51. The highest BCUT2D eigenvalue weighted by Gasteiger charge is 2.16. The van der Waals surface area contributed by atoms with Gasteiger partial charge in [0.1, 0.15) is 0 Å². The Morgan fingerprint density at radius 3 is 2.62 bits per heavy atom. The van der Waals surface area contributed by atoms with Gasteiger partial charge in [0.15, 0.2) is 5.96 Å². The Kier molecular flexibility index (Phi) is 6.03. The van der Waals surface area contributed by atoms with Gasteiger partial charge in [-0.3, -0.25) is 4.99 Å². The number of thioether (sulfide) groups is 1. The molecule has 0 atom stereocenters. The second-order valence-electron chi connectivity index (χ2n) is 4.83. The highest BCUT2D eigenvalue weighted by molar-refractivity contribution is 7.99. The number of nitrogens with two attached hydrogens (primary N) is 1. The van der Waals surface area contributed by atoms with E-state index in [-0.39, 0.29) is 0 Å². The van der Waals surface area contributed by atoms with Crippen LogP contribution in [0.2, 0.25) is 0 Å². The van der Waals surface area contributed by atoms with Crippen molar-refractivity contribution in [1.82, 2.24) is 4.90 Å². The quantitative estimate of drug-likeness (QED) is 0.467. The van der Waals surface area contributed by atoms with Gasteiger partial charge in [-0.05, 0) is 24.0 Å². The highest BCUT2D eigenvalue weighted by Crippen LogP contribution is 2.15. The topological polar surface area (TPSA) is 41.6 Å². The minimum absolute atomic E-state index is 0.687. The van der Waals surface area contributed by atoms with Gasteiger partial charge >= 0.3 is 0 Å². The Bertz CT molecular complexity index is 220. The van der Waals surface area contributed by atoms with Crippen molar-refractivity contribution in [1.29, 1.82) is 0 Å². The first-order valence-corrected chi connectivity index (χ1v) is 7.31. The third-order valence-corrected chi connectivity index (χ3v) is 4.01. The molecule has 1 rings (SSSR count). The Morgan fingerprint density at radius 2 is 2.06 bits per heavy atom. The lowest BCUT2D eigenvalue weighted by molar-refractivity contribution is 0.278. The molecular weight excluding hydrogens is 218 g/mol. The van der Waals surface area contributed by atoms with Crippen LogP contribution in [0.3, 0.4) is 0 Å². The maximum Gasteiger partial charge on any atom is 0.191 e. The minimum atomic E-state index is 0.687. The summed E-state index contributed by atoms with van der Waals surface area (Å²) < 4.78 is 0. The van der Waals surface area contributed by atoms with Gasteiger partial charge in [-0.25, -0.2) is 0 Å². The molecule has 0 unspecified atom stereocenters. The number of nitrogens with zero attached hydrogens (tertiary/aromatic N) is 2. The number of aliphatic imine (C=N–C) groups is 1.